The quantitative estimate of drug-likeness (QED) is 0.563. The predicted octanol–water partition coefficient (Wildman–Crippen LogP) is 1.40. The first kappa shape index (κ1) is 18.2. The van der Waals surface area contributed by atoms with E-state index in [9.17, 15) is 9.59 Å². The van der Waals surface area contributed by atoms with E-state index < -0.39 is 11.2 Å². The fourth-order valence-electron chi connectivity index (χ4n) is 1.83. The van der Waals surface area contributed by atoms with Crippen LogP contribution in [0.25, 0.3) is 0 Å². The maximum atomic E-state index is 12.3. The van der Waals surface area contributed by atoms with Gasteiger partial charge in [0, 0.05) is 26.1 Å². The number of anilines is 1. The third kappa shape index (κ3) is 4.68. The molecule has 24 heavy (non-hydrogen) atoms. The van der Waals surface area contributed by atoms with Gasteiger partial charge in [-0.25, -0.2) is 4.98 Å². The number of hydrogen-bond donors (Lipinski definition) is 2. The molecular weight excluding hydrogens is 352 g/mol. The van der Waals surface area contributed by atoms with Crippen molar-refractivity contribution < 1.29 is 9.59 Å². The van der Waals surface area contributed by atoms with Gasteiger partial charge in [-0.1, -0.05) is 23.4 Å². The van der Waals surface area contributed by atoms with E-state index in [1.807, 2.05) is 0 Å². The van der Waals surface area contributed by atoms with Crippen LogP contribution >= 0.6 is 23.4 Å². The summed E-state index contributed by atoms with van der Waals surface area (Å²) in [6, 6.07) is 3.36. The van der Waals surface area contributed by atoms with E-state index in [4.69, 9.17) is 17.3 Å². The minimum Gasteiger partial charge on any atom is -0.370 e. The molecule has 10 heteroatoms. The lowest BCUT2D eigenvalue weighted by Crippen LogP contribution is -2.23. The molecule has 0 bridgehead atoms. The lowest BCUT2D eigenvalue weighted by Gasteiger charge is -2.12. The number of halogens is 1. The zero-order valence-corrected chi connectivity index (χ0v) is 14.8. The maximum Gasteiger partial charge on any atom is 0.237 e. The third-order valence-corrected chi connectivity index (χ3v) is 4.62. The van der Waals surface area contributed by atoms with Crippen LogP contribution in [0.2, 0.25) is 5.15 Å². The SMILES string of the molecule is C[C@@H](Sc1nnc(CCC(N)=O)n1C)C(=O)Nc1cccnc1Cl. The van der Waals surface area contributed by atoms with Gasteiger partial charge in [-0.2, -0.15) is 0 Å². The molecule has 0 saturated carbocycles. The van der Waals surface area contributed by atoms with Crippen LogP contribution in [0.4, 0.5) is 5.69 Å². The highest BCUT2D eigenvalue weighted by molar-refractivity contribution is 8.00. The summed E-state index contributed by atoms with van der Waals surface area (Å²) in [7, 11) is 1.78. The van der Waals surface area contributed by atoms with Crippen molar-refractivity contribution in [1.82, 2.24) is 19.7 Å². The van der Waals surface area contributed by atoms with Crippen molar-refractivity contribution in [2.75, 3.05) is 5.32 Å². The number of rotatable bonds is 7. The lowest BCUT2D eigenvalue weighted by atomic mass is 10.3. The zero-order valence-electron chi connectivity index (χ0n) is 13.2. The average Bonchev–Trinajstić information content (AvgIpc) is 2.88. The van der Waals surface area contributed by atoms with Crippen molar-refractivity contribution in [2.24, 2.45) is 12.8 Å². The summed E-state index contributed by atoms with van der Waals surface area (Å²) in [5.74, 6) is 0.0177. The van der Waals surface area contributed by atoms with Gasteiger partial charge in [-0.05, 0) is 19.1 Å². The van der Waals surface area contributed by atoms with Crippen LogP contribution < -0.4 is 11.1 Å². The van der Waals surface area contributed by atoms with Crippen molar-refractivity contribution in [3.63, 3.8) is 0 Å². The van der Waals surface area contributed by atoms with E-state index in [1.165, 1.54) is 11.8 Å². The smallest absolute Gasteiger partial charge is 0.237 e. The van der Waals surface area contributed by atoms with E-state index in [-0.39, 0.29) is 17.5 Å². The van der Waals surface area contributed by atoms with Gasteiger partial charge < -0.3 is 15.6 Å². The van der Waals surface area contributed by atoms with Crippen LogP contribution in [0.5, 0.6) is 0 Å². The molecule has 0 saturated heterocycles. The molecule has 0 unspecified atom stereocenters. The fourth-order valence-corrected chi connectivity index (χ4v) is 2.83. The molecule has 3 N–H and O–H groups in total. The second-order valence-corrected chi connectivity index (χ2v) is 6.68. The summed E-state index contributed by atoms with van der Waals surface area (Å²) in [5.41, 5.74) is 5.59. The summed E-state index contributed by atoms with van der Waals surface area (Å²) in [4.78, 5) is 27.0. The number of aromatic nitrogens is 4. The highest BCUT2D eigenvalue weighted by atomic mass is 35.5. The van der Waals surface area contributed by atoms with E-state index in [0.717, 1.165) is 0 Å². The van der Waals surface area contributed by atoms with E-state index in [0.29, 0.717) is 23.1 Å². The molecule has 2 aromatic rings. The number of carbonyl (C=O) groups excluding carboxylic acids is 2. The Labute approximate surface area is 148 Å². The molecular formula is C14H17ClN6O2S. The Morgan fingerprint density at radius 3 is 2.88 bits per heavy atom. The average molecular weight is 369 g/mol. The molecule has 128 valence electrons. The van der Waals surface area contributed by atoms with Gasteiger partial charge in [-0.3, -0.25) is 9.59 Å². The number of nitrogens with two attached hydrogens (primary N) is 1. The minimum atomic E-state index is -0.423. The second kappa shape index (κ2) is 8.11. The number of aryl methyl sites for hydroxylation is 1. The first-order valence-electron chi connectivity index (χ1n) is 7.13. The molecule has 0 aromatic carbocycles. The number of amides is 2. The van der Waals surface area contributed by atoms with E-state index in [2.05, 4.69) is 20.5 Å². The molecule has 0 aliphatic carbocycles. The molecule has 2 aromatic heterocycles. The van der Waals surface area contributed by atoms with Gasteiger partial charge in [0.05, 0.1) is 10.9 Å². The monoisotopic (exact) mass is 368 g/mol. The van der Waals surface area contributed by atoms with Crippen LogP contribution in [0.1, 0.15) is 19.2 Å². The Balaban J connectivity index is 1.99. The zero-order chi connectivity index (χ0) is 17.7. The highest BCUT2D eigenvalue weighted by Gasteiger charge is 2.19. The number of thioether (sulfide) groups is 1. The Morgan fingerprint density at radius 2 is 2.21 bits per heavy atom. The van der Waals surface area contributed by atoms with E-state index >= 15 is 0 Å². The van der Waals surface area contributed by atoms with Crippen molar-refractivity contribution >= 4 is 40.9 Å². The predicted molar refractivity (Wildman–Crippen MR) is 91.7 cm³/mol. The van der Waals surface area contributed by atoms with Gasteiger partial charge >= 0.3 is 0 Å². The molecule has 0 fully saturated rings. The van der Waals surface area contributed by atoms with Gasteiger partial charge in [0.2, 0.25) is 11.8 Å². The molecule has 2 rings (SSSR count). The molecule has 0 aliphatic rings. The van der Waals surface area contributed by atoms with Gasteiger partial charge in [-0.15, -0.1) is 10.2 Å². The second-order valence-electron chi connectivity index (χ2n) is 5.02. The van der Waals surface area contributed by atoms with Crippen molar-refractivity contribution in [3.8, 4) is 0 Å². The fraction of sp³-hybridized carbons (Fsp3) is 0.357. The van der Waals surface area contributed by atoms with Gasteiger partial charge in [0.25, 0.3) is 0 Å². The van der Waals surface area contributed by atoms with E-state index in [1.54, 1.807) is 36.9 Å². The topological polar surface area (TPSA) is 116 Å². The molecule has 0 radical (unpaired) electrons. The van der Waals surface area contributed by atoms with Gasteiger partial charge in [0.1, 0.15) is 5.82 Å². The Morgan fingerprint density at radius 1 is 1.46 bits per heavy atom. The maximum absolute atomic E-state index is 12.3. The van der Waals surface area contributed by atoms with Gasteiger partial charge in [0.15, 0.2) is 10.3 Å². The van der Waals surface area contributed by atoms with Crippen molar-refractivity contribution in [1.29, 1.82) is 0 Å². The van der Waals surface area contributed by atoms with Crippen LogP contribution in [0.15, 0.2) is 23.5 Å². The third-order valence-electron chi connectivity index (χ3n) is 3.19. The summed E-state index contributed by atoms with van der Waals surface area (Å²) in [5, 5.41) is 11.2. The number of nitrogens with one attached hydrogen (secondary N) is 1. The Kier molecular flexibility index (Phi) is 6.16. The number of pyridine rings is 1. The summed E-state index contributed by atoms with van der Waals surface area (Å²) in [6.45, 7) is 1.75. The highest BCUT2D eigenvalue weighted by Crippen LogP contribution is 2.24. The summed E-state index contributed by atoms with van der Waals surface area (Å²) < 4.78 is 1.74. The Hall–Kier alpha value is -2.13. The lowest BCUT2D eigenvalue weighted by molar-refractivity contribution is -0.118. The molecule has 2 heterocycles. The standard InChI is InChI=1S/C14H17ClN6O2S/c1-8(13(23)18-9-4-3-7-17-12(9)15)24-14-20-19-11(21(14)2)6-5-10(16)22/h3-4,7-8H,5-6H2,1-2H3,(H2,16,22)(H,18,23)/t8-/m1/s1. The number of hydrogen-bond acceptors (Lipinski definition) is 6. The molecule has 0 spiro atoms. The number of primary amides is 1. The van der Waals surface area contributed by atoms with Crippen LogP contribution in [-0.4, -0.2) is 36.8 Å². The first-order valence-corrected chi connectivity index (χ1v) is 8.39. The molecule has 0 aliphatic heterocycles. The largest absolute Gasteiger partial charge is 0.370 e. The number of nitrogens with zero attached hydrogens (tertiary/aromatic N) is 4. The summed E-state index contributed by atoms with van der Waals surface area (Å²) in [6.07, 6.45) is 2.15. The first-order chi connectivity index (χ1) is 11.4. The van der Waals surface area contributed by atoms with Crippen LogP contribution in [0, 0.1) is 0 Å². The molecule has 2 amide bonds. The summed E-state index contributed by atoms with van der Waals surface area (Å²) >= 11 is 7.18. The molecule has 8 nitrogen and oxygen atoms in total. The Bertz CT molecular complexity index is 751. The number of carbonyl (C=O) groups is 2. The normalized spacial score (nSPS) is 12.0. The van der Waals surface area contributed by atoms with Crippen LogP contribution in [-0.2, 0) is 23.1 Å². The van der Waals surface area contributed by atoms with Crippen LogP contribution in [0.3, 0.4) is 0 Å². The molecule has 1 atom stereocenters. The minimum absolute atomic E-state index is 0.201. The van der Waals surface area contributed by atoms with Crippen molar-refractivity contribution in [2.45, 2.75) is 30.2 Å². The van der Waals surface area contributed by atoms with Crippen molar-refractivity contribution in [3.05, 3.63) is 29.3 Å².